The summed E-state index contributed by atoms with van der Waals surface area (Å²) in [6.45, 7) is 0. The summed E-state index contributed by atoms with van der Waals surface area (Å²) in [4.78, 5) is 2.41. The lowest BCUT2D eigenvalue weighted by atomic mass is 9.84. The van der Waals surface area contributed by atoms with Crippen molar-refractivity contribution >= 4 is 71.2 Å². The minimum Gasteiger partial charge on any atom is -0.310 e. The van der Waals surface area contributed by atoms with E-state index in [0.717, 1.165) is 22.7 Å². The molecule has 0 saturated heterocycles. The van der Waals surface area contributed by atoms with Gasteiger partial charge in [-0.25, -0.2) is 0 Å². The Bertz CT molecular complexity index is 3980. The highest BCUT2D eigenvalue weighted by Gasteiger charge is 2.21. The summed E-state index contributed by atoms with van der Waals surface area (Å²) in [5, 5.41) is 9.92. The predicted octanol–water partition coefficient (Wildman–Crippen LogP) is 18.4. The van der Waals surface area contributed by atoms with Crippen LogP contribution in [0.2, 0.25) is 0 Å². The van der Waals surface area contributed by atoms with Crippen LogP contribution in [0.3, 0.4) is 0 Å². The third-order valence-corrected chi connectivity index (χ3v) is 13.8. The number of hydrogen-bond donors (Lipinski definition) is 0. The van der Waals surface area contributed by atoms with Gasteiger partial charge in [0.05, 0.1) is 16.7 Å². The first kappa shape index (κ1) is 39.4. The lowest BCUT2D eigenvalue weighted by Crippen LogP contribution is -2.10. The minimum atomic E-state index is 1.09. The second kappa shape index (κ2) is 16.5. The van der Waals surface area contributed by atoms with Gasteiger partial charge < -0.3 is 9.47 Å². The van der Waals surface area contributed by atoms with Crippen LogP contribution in [-0.2, 0) is 0 Å². The highest BCUT2D eigenvalue weighted by atomic mass is 15.1. The molecule has 13 aromatic rings. The molecule has 318 valence electrons. The van der Waals surface area contributed by atoms with E-state index < -0.39 is 0 Å². The number of nitrogens with zero attached hydrogens (tertiary/aromatic N) is 2. The molecule has 0 saturated carbocycles. The van der Waals surface area contributed by atoms with Gasteiger partial charge in [0.25, 0.3) is 0 Å². The van der Waals surface area contributed by atoms with E-state index in [1.165, 1.54) is 98.6 Å². The van der Waals surface area contributed by atoms with E-state index in [0.29, 0.717) is 0 Å². The van der Waals surface area contributed by atoms with E-state index in [1.54, 1.807) is 0 Å². The van der Waals surface area contributed by atoms with Gasteiger partial charge in [0.15, 0.2) is 0 Å². The Labute approximate surface area is 395 Å². The van der Waals surface area contributed by atoms with E-state index in [-0.39, 0.29) is 0 Å². The van der Waals surface area contributed by atoms with Crippen molar-refractivity contribution in [3.8, 4) is 50.2 Å². The number of rotatable bonds is 8. The highest BCUT2D eigenvalue weighted by Crippen LogP contribution is 2.47. The lowest BCUT2D eigenvalue weighted by Gasteiger charge is -2.27. The molecule has 0 unspecified atom stereocenters. The zero-order chi connectivity index (χ0) is 45.0. The molecule has 0 bridgehead atoms. The molecule has 0 aliphatic rings. The van der Waals surface area contributed by atoms with Gasteiger partial charge >= 0.3 is 0 Å². The molecule has 0 radical (unpaired) electrons. The summed E-state index contributed by atoms with van der Waals surface area (Å²) in [7, 11) is 0. The first-order valence-corrected chi connectivity index (χ1v) is 23.4. The van der Waals surface area contributed by atoms with Crippen molar-refractivity contribution in [1.82, 2.24) is 4.57 Å². The first-order valence-electron chi connectivity index (χ1n) is 23.4. The molecule has 0 atom stereocenters. The molecule has 0 amide bonds. The van der Waals surface area contributed by atoms with Crippen LogP contribution >= 0.6 is 0 Å². The van der Waals surface area contributed by atoms with E-state index in [1.807, 2.05) is 0 Å². The predicted molar refractivity (Wildman–Crippen MR) is 290 cm³/mol. The van der Waals surface area contributed by atoms with Gasteiger partial charge in [0.2, 0.25) is 0 Å². The summed E-state index contributed by atoms with van der Waals surface area (Å²) in [5.41, 5.74) is 16.5. The van der Waals surface area contributed by atoms with Crippen LogP contribution in [0.25, 0.3) is 104 Å². The van der Waals surface area contributed by atoms with Crippen molar-refractivity contribution < 1.29 is 0 Å². The average molecular weight is 865 g/mol. The molecule has 1 aromatic heterocycles. The van der Waals surface area contributed by atoms with Gasteiger partial charge in [-0.3, -0.25) is 0 Å². The fourth-order valence-electron chi connectivity index (χ4n) is 10.7. The molecule has 0 aliphatic heterocycles. The molecule has 0 N–H and O–H groups in total. The van der Waals surface area contributed by atoms with Crippen LogP contribution in [-0.4, -0.2) is 4.57 Å². The molecule has 0 spiro atoms. The van der Waals surface area contributed by atoms with Crippen molar-refractivity contribution in [2.75, 3.05) is 4.90 Å². The molecular formula is C66H44N2. The summed E-state index contributed by atoms with van der Waals surface area (Å²) in [5.74, 6) is 0. The smallest absolute Gasteiger partial charge is 0.0619 e. The molecular weight excluding hydrogens is 821 g/mol. The maximum absolute atomic E-state index is 2.42. The fraction of sp³-hybridized carbons (Fsp3) is 0. The van der Waals surface area contributed by atoms with Crippen molar-refractivity contribution in [3.05, 3.63) is 267 Å². The number of aromatic nitrogens is 1. The maximum Gasteiger partial charge on any atom is 0.0619 e. The van der Waals surface area contributed by atoms with Crippen LogP contribution in [0, 0.1) is 0 Å². The summed E-state index contributed by atoms with van der Waals surface area (Å²) in [6, 6.07) is 97.4. The number of fused-ring (bicyclic) bond motifs is 7. The molecule has 0 fully saturated rings. The number of para-hydroxylation sites is 3. The Morgan fingerprint density at radius 3 is 1.49 bits per heavy atom. The molecule has 0 aliphatic carbocycles. The standard InChI is InChI=1S/C66H44N2/c1-4-19-48(20-5-1)64-59-29-13-12-27-56(59)57-43-38-50(44-61(57)65(64)49-21-6-2-7-22-49)45-34-39-52(40-35-45)67(62-33-16-23-46-18-10-11-26-54(46)62)53-41-36-47(37-42-53)55-30-17-31-60-58-28-14-15-32-63(58)68(66(55)60)51-24-8-3-9-25-51/h1-44H. The van der Waals surface area contributed by atoms with E-state index >= 15 is 0 Å². The summed E-state index contributed by atoms with van der Waals surface area (Å²) >= 11 is 0. The zero-order valence-electron chi connectivity index (χ0n) is 37.3. The topological polar surface area (TPSA) is 8.17 Å². The van der Waals surface area contributed by atoms with Gasteiger partial charge in [-0.15, -0.1) is 0 Å². The second-order valence-corrected chi connectivity index (χ2v) is 17.6. The van der Waals surface area contributed by atoms with Crippen molar-refractivity contribution in [2.24, 2.45) is 0 Å². The lowest BCUT2D eigenvalue weighted by molar-refractivity contribution is 1.18. The zero-order valence-corrected chi connectivity index (χ0v) is 37.3. The Kier molecular flexibility index (Phi) is 9.54. The highest BCUT2D eigenvalue weighted by molar-refractivity contribution is 6.22. The normalized spacial score (nSPS) is 11.5. The van der Waals surface area contributed by atoms with Crippen LogP contribution in [0.1, 0.15) is 0 Å². The van der Waals surface area contributed by atoms with Crippen LogP contribution in [0.5, 0.6) is 0 Å². The monoisotopic (exact) mass is 864 g/mol. The second-order valence-electron chi connectivity index (χ2n) is 17.6. The first-order chi connectivity index (χ1) is 33.8. The van der Waals surface area contributed by atoms with Crippen LogP contribution < -0.4 is 4.90 Å². The SMILES string of the molecule is c1ccc(-c2c(-c3ccccc3)c3cc(-c4ccc(N(c5ccc(-c6cccc7c8ccccc8n(-c8ccccc8)c67)cc5)c5cccc6ccccc56)cc4)ccc3c3ccccc23)cc1. The molecule has 68 heavy (non-hydrogen) atoms. The van der Waals surface area contributed by atoms with Crippen molar-refractivity contribution in [3.63, 3.8) is 0 Å². The Balaban J connectivity index is 0.947. The van der Waals surface area contributed by atoms with Gasteiger partial charge in [-0.2, -0.15) is 0 Å². The van der Waals surface area contributed by atoms with Crippen molar-refractivity contribution in [2.45, 2.75) is 0 Å². The summed E-state index contributed by atoms with van der Waals surface area (Å²) in [6.07, 6.45) is 0. The van der Waals surface area contributed by atoms with Gasteiger partial charge in [0.1, 0.15) is 0 Å². The largest absolute Gasteiger partial charge is 0.310 e. The maximum atomic E-state index is 2.42. The van der Waals surface area contributed by atoms with Crippen molar-refractivity contribution in [1.29, 1.82) is 0 Å². The Morgan fingerprint density at radius 2 is 0.779 bits per heavy atom. The van der Waals surface area contributed by atoms with E-state index in [2.05, 4.69) is 276 Å². The minimum absolute atomic E-state index is 1.09. The van der Waals surface area contributed by atoms with Gasteiger partial charge in [-0.05, 0) is 120 Å². The van der Waals surface area contributed by atoms with Crippen LogP contribution in [0.4, 0.5) is 17.1 Å². The quantitative estimate of drug-likeness (QED) is 0.138. The number of benzene rings is 12. The Morgan fingerprint density at radius 1 is 0.279 bits per heavy atom. The van der Waals surface area contributed by atoms with Crippen LogP contribution in [0.15, 0.2) is 267 Å². The summed E-state index contributed by atoms with van der Waals surface area (Å²) < 4.78 is 2.42. The molecule has 12 aromatic carbocycles. The van der Waals surface area contributed by atoms with Gasteiger partial charge in [0, 0.05) is 38.8 Å². The molecule has 13 rings (SSSR count). The number of hydrogen-bond acceptors (Lipinski definition) is 1. The molecule has 1 heterocycles. The molecule has 2 heteroatoms. The molecule has 2 nitrogen and oxygen atoms in total. The average Bonchev–Trinajstić information content (AvgIpc) is 3.76. The van der Waals surface area contributed by atoms with E-state index in [4.69, 9.17) is 0 Å². The number of anilines is 3. The third-order valence-electron chi connectivity index (χ3n) is 13.8. The van der Waals surface area contributed by atoms with E-state index in [9.17, 15) is 0 Å². The third kappa shape index (κ3) is 6.57. The van der Waals surface area contributed by atoms with Gasteiger partial charge in [-0.1, -0.05) is 212 Å². The fourth-order valence-corrected chi connectivity index (χ4v) is 10.7. The Hall–Kier alpha value is -8.98.